The van der Waals surface area contributed by atoms with Crippen LogP contribution in [0.25, 0.3) is 0 Å². The van der Waals surface area contributed by atoms with Gasteiger partial charge < -0.3 is 10.2 Å². The van der Waals surface area contributed by atoms with E-state index >= 15 is 0 Å². The molecule has 0 aromatic heterocycles. The van der Waals surface area contributed by atoms with Gasteiger partial charge in [-0.25, -0.2) is 0 Å². The molecule has 2 aromatic rings. The van der Waals surface area contributed by atoms with E-state index in [-0.39, 0.29) is 45.1 Å². The molecule has 0 heterocycles. The summed E-state index contributed by atoms with van der Waals surface area (Å²) in [7, 11) is 0. The Morgan fingerprint density at radius 2 is 1.08 bits per heavy atom. The Hall–Kier alpha value is -2.11. The fraction of sp³-hybridized carbons (Fsp3) is 0.576. The first-order valence-corrected chi connectivity index (χ1v) is 13.8. The molecule has 3 rings (SSSR count). The number of hydrogen-bond acceptors (Lipinski definition) is 4. The summed E-state index contributed by atoms with van der Waals surface area (Å²) in [5.74, 6) is 0.635. The maximum absolute atomic E-state index is 11.2. The number of phenolic OH excluding ortho intramolecular Hbond substituents is 2. The first-order valence-electron chi connectivity index (χ1n) is 13.8. The van der Waals surface area contributed by atoms with E-state index < -0.39 is 0 Å². The van der Waals surface area contributed by atoms with E-state index in [1.54, 1.807) is 0 Å². The number of benzene rings is 2. The van der Waals surface area contributed by atoms with E-state index in [0.717, 1.165) is 53.5 Å². The number of phenols is 2. The zero-order valence-corrected chi connectivity index (χ0v) is 26.1. The Morgan fingerprint density at radius 1 is 0.658 bits per heavy atom. The molecule has 2 N–H and O–H groups in total. The second-order valence-electron chi connectivity index (χ2n) is 13.9. The van der Waals surface area contributed by atoms with Gasteiger partial charge in [-0.2, -0.15) is 0 Å². The van der Waals surface area contributed by atoms with Crippen LogP contribution in [0, 0.1) is 6.92 Å². The number of hydrogen-bond donors (Lipinski definition) is 2. The van der Waals surface area contributed by atoms with Crippen molar-refractivity contribution in [1.82, 2.24) is 0 Å². The van der Waals surface area contributed by atoms with E-state index in [4.69, 9.17) is 9.98 Å². The molecule has 1 aliphatic rings. The predicted molar refractivity (Wildman–Crippen MR) is 158 cm³/mol. The van der Waals surface area contributed by atoms with Crippen LogP contribution in [0.15, 0.2) is 34.3 Å². The van der Waals surface area contributed by atoms with Gasteiger partial charge in [0, 0.05) is 51.5 Å². The molecule has 0 amide bonds. The molecule has 211 valence electrons. The molecule has 1 saturated carbocycles. The summed E-state index contributed by atoms with van der Waals surface area (Å²) in [4.78, 5) is 9.94. The van der Waals surface area contributed by atoms with Crippen LogP contribution in [0.1, 0.15) is 121 Å². The van der Waals surface area contributed by atoms with Crippen molar-refractivity contribution in [1.29, 1.82) is 0 Å². The Bertz CT molecular complexity index is 1180. The van der Waals surface area contributed by atoms with E-state index in [9.17, 15) is 10.2 Å². The second kappa shape index (κ2) is 12.0. The number of aromatic hydroxyl groups is 2. The maximum atomic E-state index is 11.2. The van der Waals surface area contributed by atoms with Crippen LogP contribution < -0.4 is 0 Å². The van der Waals surface area contributed by atoms with Crippen molar-refractivity contribution in [2.45, 2.75) is 123 Å². The van der Waals surface area contributed by atoms with Gasteiger partial charge in [-0.1, -0.05) is 87.3 Å². The predicted octanol–water partition coefficient (Wildman–Crippen LogP) is 8.15. The minimum absolute atomic E-state index is 0. The fourth-order valence-corrected chi connectivity index (χ4v) is 5.03. The third kappa shape index (κ3) is 7.72. The molecule has 2 aromatic carbocycles. The molecule has 0 spiro atoms. The minimum Gasteiger partial charge on any atom is -0.507 e. The smallest absolute Gasteiger partial charge is 0.128 e. The summed E-state index contributed by atoms with van der Waals surface area (Å²) in [5.41, 5.74) is 5.39. The summed E-state index contributed by atoms with van der Waals surface area (Å²) >= 11 is 0. The average Bonchev–Trinajstić information content (AvgIpc) is 2.77. The van der Waals surface area contributed by atoms with Gasteiger partial charge in [-0.05, 0) is 59.3 Å². The first kappa shape index (κ1) is 32.1. The van der Waals surface area contributed by atoms with E-state index in [0.29, 0.717) is 11.5 Å². The molecule has 5 heteroatoms. The van der Waals surface area contributed by atoms with Gasteiger partial charge in [0.25, 0.3) is 0 Å². The van der Waals surface area contributed by atoms with Gasteiger partial charge in [0.15, 0.2) is 0 Å². The van der Waals surface area contributed by atoms with Gasteiger partial charge >= 0.3 is 0 Å². The average molecular weight is 564 g/mol. The first-order chi connectivity index (χ1) is 17.0. The third-order valence-corrected chi connectivity index (χ3v) is 7.41. The van der Waals surface area contributed by atoms with Crippen LogP contribution in [0.5, 0.6) is 11.5 Å². The van der Waals surface area contributed by atoms with Crippen LogP contribution in [0.3, 0.4) is 0 Å². The van der Waals surface area contributed by atoms with Gasteiger partial charge in [-0.3, -0.25) is 9.98 Å². The molecular formula is C33H48CoN2O2. The molecule has 1 fully saturated rings. The molecule has 4 nitrogen and oxygen atoms in total. The van der Waals surface area contributed by atoms with Crippen molar-refractivity contribution in [2.24, 2.45) is 9.98 Å². The molecule has 1 radical (unpaired) electrons. The number of rotatable bonds is 4. The number of aliphatic imine (C=N–C) groups is 2. The zero-order chi connectivity index (χ0) is 27.8. The number of aryl methyl sites for hydroxylation is 1. The van der Waals surface area contributed by atoms with Crippen LogP contribution in [0.2, 0.25) is 0 Å². The summed E-state index contributed by atoms with van der Waals surface area (Å²) in [6.07, 6.45) is 7.89. The van der Waals surface area contributed by atoms with Crippen molar-refractivity contribution in [3.8, 4) is 11.5 Å². The van der Waals surface area contributed by atoms with Crippen molar-refractivity contribution in [3.63, 3.8) is 0 Å². The summed E-state index contributed by atoms with van der Waals surface area (Å²) in [6.45, 7) is 21.4. The van der Waals surface area contributed by atoms with Crippen molar-refractivity contribution >= 4 is 12.4 Å². The van der Waals surface area contributed by atoms with Gasteiger partial charge in [0.2, 0.25) is 0 Å². The molecule has 0 saturated heterocycles. The fourth-order valence-electron chi connectivity index (χ4n) is 5.03. The largest absolute Gasteiger partial charge is 0.507 e. The van der Waals surface area contributed by atoms with Gasteiger partial charge in [-0.15, -0.1) is 0 Å². The van der Waals surface area contributed by atoms with Crippen LogP contribution >= 0.6 is 0 Å². The quantitative estimate of drug-likeness (QED) is 0.369. The molecule has 0 aliphatic heterocycles. The summed E-state index contributed by atoms with van der Waals surface area (Å²) in [5, 5.41) is 22.1. The maximum Gasteiger partial charge on any atom is 0.128 e. The number of nitrogens with zero attached hydrogens (tertiary/aromatic N) is 2. The molecule has 1 aliphatic carbocycles. The van der Waals surface area contributed by atoms with Crippen LogP contribution in [-0.4, -0.2) is 34.7 Å². The van der Waals surface area contributed by atoms with E-state index in [1.807, 2.05) is 18.5 Å². The third-order valence-electron chi connectivity index (χ3n) is 7.41. The zero-order valence-electron chi connectivity index (χ0n) is 25.1. The SMILES string of the molecule is Cc1cc(C=NC2CCCCC2N=Cc2cc(C(C)(C)C)cc(C(C)(C)C)c2O)c(O)c(C(C)(C)C)c1.[Co]. The molecule has 2 atom stereocenters. The summed E-state index contributed by atoms with van der Waals surface area (Å²) < 4.78 is 0. The minimum atomic E-state index is -0.173. The summed E-state index contributed by atoms with van der Waals surface area (Å²) in [6, 6.07) is 8.38. The monoisotopic (exact) mass is 563 g/mol. The second-order valence-corrected chi connectivity index (χ2v) is 13.9. The van der Waals surface area contributed by atoms with Gasteiger partial charge in [0.1, 0.15) is 11.5 Å². The van der Waals surface area contributed by atoms with E-state index in [2.05, 4.69) is 87.4 Å². The Kier molecular flexibility index (Phi) is 10.1. The Morgan fingerprint density at radius 3 is 1.50 bits per heavy atom. The van der Waals surface area contributed by atoms with Crippen molar-refractivity contribution in [2.75, 3.05) is 0 Å². The van der Waals surface area contributed by atoms with Crippen LogP contribution in [-0.2, 0) is 33.0 Å². The topological polar surface area (TPSA) is 65.2 Å². The van der Waals surface area contributed by atoms with Crippen molar-refractivity contribution in [3.05, 3.63) is 57.6 Å². The van der Waals surface area contributed by atoms with Crippen LogP contribution in [0.4, 0.5) is 0 Å². The van der Waals surface area contributed by atoms with Crippen molar-refractivity contribution < 1.29 is 27.0 Å². The standard InChI is InChI=1S/C33H48N2O2.Co/c1-21-15-22(29(36)25(16-21)32(5,6)7)19-34-27-13-11-12-14-28(27)35-20-23-17-24(31(2,3)4)18-26(30(23)37)33(8,9)10;/h15-20,27-28,36-37H,11-14H2,1-10H3;. The Balaban J connectivity index is 0.00000507. The van der Waals surface area contributed by atoms with E-state index in [1.165, 1.54) is 5.56 Å². The normalized spacial score (nSPS) is 19.2. The Labute approximate surface area is 241 Å². The molecule has 2 unspecified atom stereocenters. The molecular weight excluding hydrogens is 515 g/mol. The molecule has 38 heavy (non-hydrogen) atoms. The van der Waals surface area contributed by atoms with Gasteiger partial charge in [0.05, 0.1) is 12.1 Å². The molecule has 0 bridgehead atoms.